The number of nitro benzene ring substituents is 2. The van der Waals surface area contributed by atoms with Crippen molar-refractivity contribution in [3.63, 3.8) is 0 Å². The van der Waals surface area contributed by atoms with Gasteiger partial charge < -0.3 is 9.47 Å². The monoisotopic (exact) mass is 464 g/mol. The van der Waals surface area contributed by atoms with Gasteiger partial charge >= 0.3 is 11.9 Å². The maximum atomic E-state index is 12.4. The summed E-state index contributed by atoms with van der Waals surface area (Å²) in [4.78, 5) is 45.2. The van der Waals surface area contributed by atoms with E-state index in [1.165, 1.54) is 48.5 Å². The molecule has 174 valence electrons. The molecule has 0 saturated carbocycles. The van der Waals surface area contributed by atoms with Gasteiger partial charge in [0.15, 0.2) is 0 Å². The minimum Gasteiger partial charge on any atom is -0.454 e. The Hall–Kier alpha value is -4.60. The van der Waals surface area contributed by atoms with E-state index in [0.29, 0.717) is 11.1 Å². The third kappa shape index (κ3) is 5.80. The average Bonchev–Trinajstić information content (AvgIpc) is 2.84. The van der Waals surface area contributed by atoms with Crippen molar-refractivity contribution in [2.75, 3.05) is 0 Å². The minimum atomic E-state index is -0.639. The molecule has 0 bridgehead atoms. The Labute approximate surface area is 194 Å². The standard InChI is InChI=1S/C24H20N2O8/c1-15(33-23(27)17-6-10-21(11-7-17)25(29)30)19-4-3-5-20(14-19)16(2)34-24(28)18-8-12-22(13-9-18)26(31)32/h3-16H,1-2H3/t15-,16-/m1/s1. The predicted molar refractivity (Wildman–Crippen MR) is 120 cm³/mol. The van der Waals surface area contributed by atoms with E-state index in [9.17, 15) is 29.8 Å². The quantitative estimate of drug-likeness (QED) is 0.247. The van der Waals surface area contributed by atoms with Crippen LogP contribution in [-0.2, 0) is 9.47 Å². The molecule has 0 aliphatic carbocycles. The fourth-order valence-electron chi connectivity index (χ4n) is 3.10. The van der Waals surface area contributed by atoms with Gasteiger partial charge in [-0.25, -0.2) is 9.59 Å². The Morgan fingerprint density at radius 1 is 0.676 bits per heavy atom. The Kier molecular flexibility index (Phi) is 7.32. The van der Waals surface area contributed by atoms with E-state index in [-0.39, 0.29) is 22.5 Å². The van der Waals surface area contributed by atoms with Crippen molar-refractivity contribution < 1.29 is 28.9 Å². The molecule has 0 amide bonds. The number of hydrogen-bond donors (Lipinski definition) is 0. The summed E-state index contributed by atoms with van der Waals surface area (Å²) in [6.07, 6.45) is -1.28. The number of nitro groups is 2. The lowest BCUT2D eigenvalue weighted by molar-refractivity contribution is -0.385. The third-order valence-electron chi connectivity index (χ3n) is 5.04. The number of esters is 2. The van der Waals surface area contributed by atoms with Crippen LogP contribution in [0.2, 0.25) is 0 Å². The second-order valence-corrected chi connectivity index (χ2v) is 7.37. The van der Waals surface area contributed by atoms with Crippen LogP contribution in [0, 0.1) is 20.2 Å². The molecule has 10 nitrogen and oxygen atoms in total. The molecule has 34 heavy (non-hydrogen) atoms. The first kappa shape index (κ1) is 24.1. The zero-order valence-corrected chi connectivity index (χ0v) is 18.2. The van der Waals surface area contributed by atoms with E-state index in [1.54, 1.807) is 38.1 Å². The molecule has 0 saturated heterocycles. The second kappa shape index (κ2) is 10.3. The molecule has 0 heterocycles. The van der Waals surface area contributed by atoms with Crippen LogP contribution in [0.15, 0.2) is 72.8 Å². The number of nitrogens with zero attached hydrogens (tertiary/aromatic N) is 2. The number of benzene rings is 3. The highest BCUT2D eigenvalue weighted by Crippen LogP contribution is 2.25. The summed E-state index contributed by atoms with van der Waals surface area (Å²) in [5.41, 5.74) is 1.42. The van der Waals surface area contributed by atoms with Gasteiger partial charge in [0.1, 0.15) is 12.2 Å². The summed E-state index contributed by atoms with van der Waals surface area (Å²) in [7, 11) is 0. The molecule has 3 aromatic rings. The molecule has 0 aliphatic rings. The maximum absolute atomic E-state index is 12.4. The van der Waals surface area contributed by atoms with E-state index in [2.05, 4.69) is 0 Å². The maximum Gasteiger partial charge on any atom is 0.338 e. The Bertz CT molecular complexity index is 1130. The van der Waals surface area contributed by atoms with Gasteiger partial charge in [0.25, 0.3) is 11.4 Å². The van der Waals surface area contributed by atoms with Gasteiger partial charge in [0.2, 0.25) is 0 Å². The largest absolute Gasteiger partial charge is 0.454 e. The normalized spacial score (nSPS) is 12.3. The van der Waals surface area contributed by atoms with Crippen molar-refractivity contribution in [1.82, 2.24) is 0 Å². The molecular weight excluding hydrogens is 444 g/mol. The number of rotatable bonds is 8. The molecular formula is C24H20N2O8. The zero-order valence-electron chi connectivity index (χ0n) is 18.2. The van der Waals surface area contributed by atoms with E-state index in [1.807, 2.05) is 0 Å². The van der Waals surface area contributed by atoms with Gasteiger partial charge in [-0.15, -0.1) is 0 Å². The van der Waals surface area contributed by atoms with Crippen LogP contribution in [0.25, 0.3) is 0 Å². The van der Waals surface area contributed by atoms with Crippen molar-refractivity contribution in [2.45, 2.75) is 26.1 Å². The van der Waals surface area contributed by atoms with Crippen LogP contribution < -0.4 is 0 Å². The summed E-state index contributed by atoms with van der Waals surface area (Å²) in [5, 5.41) is 21.5. The highest BCUT2D eigenvalue weighted by atomic mass is 16.6. The summed E-state index contributed by atoms with van der Waals surface area (Å²) in [6.45, 7) is 3.35. The SMILES string of the molecule is C[C@@H](OC(=O)c1ccc([N+](=O)[O-])cc1)c1cccc([C@@H](C)OC(=O)c2ccc([N+](=O)[O-])cc2)c1. The van der Waals surface area contributed by atoms with Gasteiger partial charge in [-0.05, 0) is 55.3 Å². The summed E-state index contributed by atoms with van der Waals surface area (Å²) in [6, 6.07) is 17.2. The lowest BCUT2D eigenvalue weighted by Gasteiger charge is -2.18. The lowest BCUT2D eigenvalue weighted by Crippen LogP contribution is -2.11. The van der Waals surface area contributed by atoms with Crippen molar-refractivity contribution in [3.8, 4) is 0 Å². The summed E-state index contributed by atoms with van der Waals surface area (Å²) >= 11 is 0. The molecule has 0 N–H and O–H groups in total. The zero-order chi connectivity index (χ0) is 24.8. The Morgan fingerprint density at radius 3 is 1.35 bits per heavy atom. The Morgan fingerprint density at radius 2 is 1.03 bits per heavy atom. The number of non-ortho nitro benzene ring substituents is 2. The van der Waals surface area contributed by atoms with Crippen LogP contribution >= 0.6 is 0 Å². The molecule has 2 atom stereocenters. The van der Waals surface area contributed by atoms with Crippen LogP contribution in [-0.4, -0.2) is 21.8 Å². The van der Waals surface area contributed by atoms with Crippen LogP contribution in [0.3, 0.4) is 0 Å². The molecule has 0 aromatic heterocycles. The van der Waals surface area contributed by atoms with Gasteiger partial charge in [-0.3, -0.25) is 20.2 Å². The van der Waals surface area contributed by atoms with E-state index in [4.69, 9.17) is 9.47 Å². The van der Waals surface area contributed by atoms with Gasteiger partial charge in [-0.1, -0.05) is 18.2 Å². The highest BCUT2D eigenvalue weighted by molar-refractivity contribution is 5.90. The van der Waals surface area contributed by atoms with Crippen molar-refractivity contribution in [3.05, 3.63) is 115 Å². The van der Waals surface area contributed by atoms with E-state index < -0.39 is 34.0 Å². The molecule has 0 aliphatic heterocycles. The lowest BCUT2D eigenvalue weighted by atomic mass is 10.0. The minimum absolute atomic E-state index is 0.130. The third-order valence-corrected chi connectivity index (χ3v) is 5.04. The molecule has 3 rings (SSSR count). The second-order valence-electron chi connectivity index (χ2n) is 7.37. The Balaban J connectivity index is 1.65. The average molecular weight is 464 g/mol. The van der Waals surface area contributed by atoms with Gasteiger partial charge in [-0.2, -0.15) is 0 Å². The summed E-state index contributed by atoms with van der Waals surface area (Å²) < 4.78 is 10.9. The fraction of sp³-hybridized carbons (Fsp3) is 0.167. The first-order chi connectivity index (χ1) is 16.2. The van der Waals surface area contributed by atoms with Crippen molar-refractivity contribution >= 4 is 23.3 Å². The van der Waals surface area contributed by atoms with Gasteiger partial charge in [0, 0.05) is 24.3 Å². The van der Waals surface area contributed by atoms with Crippen LogP contribution in [0.5, 0.6) is 0 Å². The van der Waals surface area contributed by atoms with Crippen molar-refractivity contribution in [1.29, 1.82) is 0 Å². The molecule has 0 spiro atoms. The highest BCUT2D eigenvalue weighted by Gasteiger charge is 2.19. The number of ether oxygens (including phenoxy) is 2. The molecule has 0 unspecified atom stereocenters. The van der Waals surface area contributed by atoms with Crippen LogP contribution in [0.1, 0.15) is 57.9 Å². The summed E-state index contributed by atoms with van der Waals surface area (Å²) in [5.74, 6) is -1.27. The topological polar surface area (TPSA) is 139 Å². The number of carbonyl (C=O) groups is 2. The smallest absolute Gasteiger partial charge is 0.338 e. The van der Waals surface area contributed by atoms with E-state index in [0.717, 1.165) is 0 Å². The first-order valence-corrected chi connectivity index (χ1v) is 10.2. The molecule has 3 aromatic carbocycles. The first-order valence-electron chi connectivity index (χ1n) is 10.2. The van der Waals surface area contributed by atoms with Gasteiger partial charge in [0.05, 0.1) is 21.0 Å². The number of hydrogen-bond acceptors (Lipinski definition) is 8. The molecule has 10 heteroatoms. The molecule has 0 radical (unpaired) electrons. The molecule has 0 fully saturated rings. The van der Waals surface area contributed by atoms with Crippen LogP contribution in [0.4, 0.5) is 11.4 Å². The number of carbonyl (C=O) groups excluding carboxylic acids is 2. The van der Waals surface area contributed by atoms with Crippen molar-refractivity contribution in [2.24, 2.45) is 0 Å². The predicted octanol–water partition coefficient (Wildman–Crippen LogP) is 5.34. The fourth-order valence-corrected chi connectivity index (χ4v) is 3.10. The van der Waals surface area contributed by atoms with E-state index >= 15 is 0 Å².